The number of ketones is 1. The number of rotatable bonds is 4. The lowest BCUT2D eigenvalue weighted by Crippen LogP contribution is -2.34. The average molecular weight is 147 g/mol. The van der Waals surface area contributed by atoms with E-state index in [-0.39, 0.29) is 0 Å². The van der Waals surface area contributed by atoms with Crippen molar-refractivity contribution in [1.82, 2.24) is 0 Å². The minimum atomic E-state index is -1.84. The van der Waals surface area contributed by atoms with E-state index in [0.29, 0.717) is 0 Å². The molecule has 0 aliphatic heterocycles. The van der Waals surface area contributed by atoms with Crippen LogP contribution in [0.15, 0.2) is 0 Å². The van der Waals surface area contributed by atoms with Gasteiger partial charge in [0.2, 0.25) is 0 Å². The van der Waals surface area contributed by atoms with Gasteiger partial charge in [0.15, 0.2) is 5.78 Å². The molecule has 0 aromatic rings. The maximum atomic E-state index is 10.2. The summed E-state index contributed by atoms with van der Waals surface area (Å²) in [6.45, 7) is -0.626. The largest absolute Gasteiger partial charge is 0.542 e. The maximum Gasteiger partial charge on any atom is 0.180 e. The lowest BCUT2D eigenvalue weighted by atomic mass is 10.2. The highest BCUT2D eigenvalue weighted by Gasteiger charge is 2.09. The van der Waals surface area contributed by atoms with Crippen LogP contribution in [0.5, 0.6) is 0 Å². The smallest absolute Gasteiger partial charge is 0.180 e. The number of aliphatic hydroxyl groups excluding tert-OH is 2. The van der Waals surface area contributed by atoms with Gasteiger partial charge in [-0.3, -0.25) is 4.79 Å². The highest BCUT2D eigenvalue weighted by Crippen LogP contribution is 1.89. The van der Waals surface area contributed by atoms with Gasteiger partial charge in [-0.05, 0) is 0 Å². The van der Waals surface area contributed by atoms with Gasteiger partial charge >= 0.3 is 0 Å². The van der Waals surface area contributed by atoms with E-state index < -0.39 is 30.9 Å². The minimum absolute atomic E-state index is 0.598. The van der Waals surface area contributed by atoms with Crippen molar-refractivity contribution in [3.8, 4) is 0 Å². The Morgan fingerprint density at radius 3 is 2.30 bits per heavy atom. The van der Waals surface area contributed by atoms with Crippen LogP contribution < -0.4 is 5.11 Å². The van der Waals surface area contributed by atoms with Crippen LogP contribution in [-0.2, 0) is 9.59 Å². The summed E-state index contributed by atoms with van der Waals surface area (Å²) in [5, 5.41) is 26.4. The molecule has 10 heavy (non-hydrogen) atoms. The zero-order valence-electron chi connectivity index (χ0n) is 5.11. The van der Waals surface area contributed by atoms with Gasteiger partial charge in [-0.2, -0.15) is 0 Å². The SMILES string of the molecule is O=C([O-])C(=O)CC(O)CO. The first-order valence-corrected chi connectivity index (χ1v) is 2.61. The standard InChI is InChI=1S/C5H8O5/c6-2-3(7)1-4(8)5(9)10/h3,6-7H,1-2H2,(H,9,10)/p-1. The summed E-state index contributed by atoms with van der Waals surface area (Å²) >= 11 is 0. The third-order valence-corrected chi connectivity index (χ3v) is 0.859. The summed E-state index contributed by atoms with van der Waals surface area (Å²) in [6, 6.07) is 0. The maximum absolute atomic E-state index is 10.2. The molecule has 0 amide bonds. The molecule has 5 nitrogen and oxygen atoms in total. The first-order chi connectivity index (χ1) is 4.57. The first kappa shape index (κ1) is 9.06. The van der Waals surface area contributed by atoms with Crippen LogP contribution in [0.3, 0.4) is 0 Å². The van der Waals surface area contributed by atoms with Crippen molar-refractivity contribution in [2.75, 3.05) is 6.61 Å². The van der Waals surface area contributed by atoms with Gasteiger partial charge in [0, 0.05) is 6.42 Å². The quantitative estimate of drug-likeness (QED) is 0.414. The van der Waals surface area contributed by atoms with Crippen molar-refractivity contribution in [3.05, 3.63) is 0 Å². The summed E-state index contributed by atoms with van der Waals surface area (Å²) in [6.07, 6.45) is -1.90. The molecule has 1 unspecified atom stereocenters. The number of aliphatic carboxylic acids is 1. The molecule has 0 radical (unpaired) electrons. The Balaban J connectivity index is 3.68. The van der Waals surface area contributed by atoms with Gasteiger partial charge in [0.25, 0.3) is 0 Å². The van der Waals surface area contributed by atoms with E-state index in [4.69, 9.17) is 10.2 Å². The number of aliphatic hydroxyl groups is 2. The summed E-state index contributed by atoms with van der Waals surface area (Å²) in [5.74, 6) is -3.05. The Morgan fingerprint density at radius 2 is 2.00 bits per heavy atom. The molecule has 0 fully saturated rings. The molecule has 2 N–H and O–H groups in total. The number of carbonyl (C=O) groups excluding carboxylic acids is 2. The number of carboxylic acid groups (broad SMARTS) is 1. The van der Waals surface area contributed by atoms with Gasteiger partial charge in [-0.15, -0.1) is 0 Å². The first-order valence-electron chi connectivity index (χ1n) is 2.61. The molecule has 58 valence electrons. The second-order valence-electron chi connectivity index (χ2n) is 1.75. The molecule has 0 aliphatic rings. The molecular weight excluding hydrogens is 140 g/mol. The van der Waals surface area contributed by atoms with Crippen molar-refractivity contribution in [1.29, 1.82) is 0 Å². The van der Waals surface area contributed by atoms with Crippen molar-refractivity contribution in [2.24, 2.45) is 0 Å². The van der Waals surface area contributed by atoms with Crippen LogP contribution in [0.25, 0.3) is 0 Å². The third kappa shape index (κ3) is 3.16. The Hall–Kier alpha value is -0.940. The molecule has 0 aromatic heterocycles. The summed E-state index contributed by atoms with van der Waals surface area (Å²) in [5.41, 5.74) is 0. The fourth-order valence-corrected chi connectivity index (χ4v) is 0.362. The molecule has 0 saturated heterocycles. The Bertz CT molecular complexity index is 141. The van der Waals surface area contributed by atoms with E-state index in [1.165, 1.54) is 0 Å². The van der Waals surface area contributed by atoms with E-state index >= 15 is 0 Å². The fourth-order valence-electron chi connectivity index (χ4n) is 0.362. The lowest BCUT2D eigenvalue weighted by Gasteiger charge is -2.04. The summed E-state index contributed by atoms with van der Waals surface area (Å²) in [7, 11) is 0. The van der Waals surface area contributed by atoms with E-state index in [9.17, 15) is 14.7 Å². The van der Waals surface area contributed by atoms with E-state index in [2.05, 4.69) is 0 Å². The van der Waals surface area contributed by atoms with Gasteiger partial charge in [0.05, 0.1) is 12.7 Å². The van der Waals surface area contributed by atoms with Crippen molar-refractivity contribution >= 4 is 11.8 Å². The van der Waals surface area contributed by atoms with E-state index in [0.717, 1.165) is 0 Å². The van der Waals surface area contributed by atoms with E-state index in [1.54, 1.807) is 0 Å². The molecule has 0 saturated carbocycles. The predicted octanol–water partition coefficient (Wildman–Crippen LogP) is -2.95. The second kappa shape index (κ2) is 3.97. The van der Waals surface area contributed by atoms with Crippen LogP contribution >= 0.6 is 0 Å². The van der Waals surface area contributed by atoms with Gasteiger partial charge in [-0.1, -0.05) is 0 Å². The normalized spacial score (nSPS) is 12.6. The summed E-state index contributed by atoms with van der Waals surface area (Å²) < 4.78 is 0. The number of carbonyl (C=O) groups is 2. The molecule has 0 rings (SSSR count). The van der Waals surface area contributed by atoms with Gasteiger partial charge in [-0.25, -0.2) is 0 Å². The molecule has 5 heteroatoms. The number of carboxylic acids is 1. The second-order valence-corrected chi connectivity index (χ2v) is 1.75. The summed E-state index contributed by atoms with van der Waals surface area (Å²) in [4.78, 5) is 19.9. The van der Waals surface area contributed by atoms with Crippen molar-refractivity contribution < 1.29 is 24.9 Å². The van der Waals surface area contributed by atoms with Gasteiger partial charge in [0.1, 0.15) is 5.97 Å². The van der Waals surface area contributed by atoms with Crippen LogP contribution in [-0.4, -0.2) is 34.7 Å². The number of hydrogen-bond acceptors (Lipinski definition) is 5. The zero-order valence-corrected chi connectivity index (χ0v) is 5.11. The third-order valence-electron chi connectivity index (χ3n) is 0.859. The van der Waals surface area contributed by atoms with E-state index in [1.807, 2.05) is 0 Å². The lowest BCUT2D eigenvalue weighted by molar-refractivity contribution is -0.300. The molecule has 1 atom stereocenters. The highest BCUT2D eigenvalue weighted by atomic mass is 16.4. The van der Waals surface area contributed by atoms with Crippen LogP contribution in [0.4, 0.5) is 0 Å². The molecule has 0 heterocycles. The van der Waals surface area contributed by atoms with Crippen molar-refractivity contribution in [2.45, 2.75) is 12.5 Å². The number of hydrogen-bond donors (Lipinski definition) is 2. The average Bonchev–Trinajstić information content (AvgIpc) is 1.87. The molecular formula is C5H7O5-. The number of Topliss-reactive ketones (excluding diaryl/α,β-unsaturated/α-hetero) is 1. The Morgan fingerprint density at radius 1 is 1.50 bits per heavy atom. The molecule has 0 bridgehead atoms. The molecule has 0 spiro atoms. The Kier molecular flexibility index (Phi) is 3.60. The zero-order chi connectivity index (χ0) is 8.15. The van der Waals surface area contributed by atoms with Crippen LogP contribution in [0.2, 0.25) is 0 Å². The van der Waals surface area contributed by atoms with Crippen LogP contribution in [0, 0.1) is 0 Å². The topological polar surface area (TPSA) is 97.7 Å². The monoisotopic (exact) mass is 147 g/mol. The highest BCUT2D eigenvalue weighted by molar-refractivity contribution is 6.31. The predicted molar refractivity (Wildman–Crippen MR) is 27.7 cm³/mol. The molecule has 0 aromatic carbocycles. The minimum Gasteiger partial charge on any atom is -0.542 e. The van der Waals surface area contributed by atoms with Gasteiger partial charge < -0.3 is 20.1 Å². The van der Waals surface area contributed by atoms with Crippen LogP contribution in [0.1, 0.15) is 6.42 Å². The fraction of sp³-hybridized carbons (Fsp3) is 0.600. The Labute approximate surface area is 56.9 Å². The van der Waals surface area contributed by atoms with Crippen molar-refractivity contribution in [3.63, 3.8) is 0 Å². The molecule has 0 aliphatic carbocycles.